The fourth-order valence-corrected chi connectivity index (χ4v) is 2.51. The summed E-state index contributed by atoms with van der Waals surface area (Å²) >= 11 is 0. The molecule has 1 aromatic carbocycles. The number of carbonyl (C=O) groups is 1. The van der Waals surface area contributed by atoms with E-state index in [0.717, 1.165) is 16.7 Å². The lowest BCUT2D eigenvalue weighted by Crippen LogP contribution is -2.43. The standard InChI is InChI=1S/C16H21N3O2/c1-12-3-5-14(6-4-12)16(11-17,15(20)21)8-7-13-9-18-19(2)10-13/h3-6,9-10H,7-8,11,17H2,1-2H3,(H,20,21). The molecule has 5 nitrogen and oxygen atoms in total. The fourth-order valence-electron chi connectivity index (χ4n) is 2.51. The second-order valence-electron chi connectivity index (χ2n) is 5.48. The number of hydrogen-bond donors (Lipinski definition) is 2. The summed E-state index contributed by atoms with van der Waals surface area (Å²) in [5, 5.41) is 13.8. The first kappa shape index (κ1) is 15.3. The highest BCUT2D eigenvalue weighted by Gasteiger charge is 2.38. The molecule has 1 atom stereocenters. The van der Waals surface area contributed by atoms with Crippen LogP contribution in [0, 0.1) is 6.92 Å². The number of benzene rings is 1. The summed E-state index contributed by atoms with van der Waals surface area (Å²) in [6, 6.07) is 7.57. The van der Waals surface area contributed by atoms with Gasteiger partial charge < -0.3 is 10.8 Å². The van der Waals surface area contributed by atoms with Gasteiger partial charge in [0.25, 0.3) is 0 Å². The van der Waals surface area contributed by atoms with Crippen molar-refractivity contribution in [3.8, 4) is 0 Å². The normalized spacial score (nSPS) is 13.9. The van der Waals surface area contributed by atoms with Crippen LogP contribution in [0.3, 0.4) is 0 Å². The minimum atomic E-state index is -1.05. The van der Waals surface area contributed by atoms with Crippen LogP contribution in [0.1, 0.15) is 23.1 Å². The van der Waals surface area contributed by atoms with Crippen molar-refractivity contribution < 1.29 is 9.90 Å². The van der Waals surface area contributed by atoms with Gasteiger partial charge in [-0.3, -0.25) is 9.48 Å². The molecule has 2 rings (SSSR count). The van der Waals surface area contributed by atoms with Crippen molar-refractivity contribution in [2.45, 2.75) is 25.2 Å². The topological polar surface area (TPSA) is 81.1 Å². The summed E-state index contributed by atoms with van der Waals surface area (Å²) in [4.78, 5) is 11.9. The Morgan fingerprint density at radius 3 is 2.52 bits per heavy atom. The molecule has 0 fully saturated rings. The molecule has 0 bridgehead atoms. The molecule has 0 amide bonds. The van der Waals surface area contributed by atoms with Gasteiger partial charge in [-0.2, -0.15) is 5.10 Å². The molecule has 0 saturated carbocycles. The predicted molar refractivity (Wildman–Crippen MR) is 81.1 cm³/mol. The maximum atomic E-state index is 11.9. The number of hydrogen-bond acceptors (Lipinski definition) is 3. The lowest BCUT2D eigenvalue weighted by molar-refractivity contribution is -0.143. The number of nitrogens with zero attached hydrogens (tertiary/aromatic N) is 2. The molecule has 21 heavy (non-hydrogen) atoms. The maximum absolute atomic E-state index is 11.9. The third-order valence-corrected chi connectivity index (χ3v) is 3.96. The Balaban J connectivity index is 2.28. The van der Waals surface area contributed by atoms with Crippen LogP contribution in [-0.2, 0) is 23.7 Å². The first-order valence-electron chi connectivity index (χ1n) is 6.96. The minimum Gasteiger partial charge on any atom is -0.481 e. The van der Waals surface area contributed by atoms with Crippen LogP contribution in [0.4, 0.5) is 0 Å². The van der Waals surface area contributed by atoms with Crippen molar-refractivity contribution in [2.75, 3.05) is 6.54 Å². The molecule has 112 valence electrons. The van der Waals surface area contributed by atoms with Crippen molar-refractivity contribution in [1.82, 2.24) is 9.78 Å². The number of rotatable bonds is 6. The highest BCUT2D eigenvalue weighted by molar-refractivity contribution is 5.81. The van der Waals surface area contributed by atoms with Crippen molar-refractivity contribution in [3.05, 3.63) is 53.3 Å². The molecular formula is C16H21N3O2. The van der Waals surface area contributed by atoms with E-state index in [0.29, 0.717) is 12.8 Å². The first-order chi connectivity index (χ1) is 9.98. The van der Waals surface area contributed by atoms with Gasteiger partial charge in [-0.05, 0) is 30.9 Å². The SMILES string of the molecule is Cc1ccc(C(CN)(CCc2cnn(C)c2)C(=O)O)cc1. The van der Waals surface area contributed by atoms with Crippen molar-refractivity contribution in [2.24, 2.45) is 12.8 Å². The second kappa shape index (κ2) is 6.10. The molecule has 1 aromatic heterocycles. The number of carboxylic acid groups (broad SMARTS) is 1. The first-order valence-corrected chi connectivity index (χ1v) is 6.96. The fraction of sp³-hybridized carbons (Fsp3) is 0.375. The molecular weight excluding hydrogens is 266 g/mol. The van der Waals surface area contributed by atoms with Gasteiger partial charge >= 0.3 is 5.97 Å². The van der Waals surface area contributed by atoms with Crippen LogP contribution in [0.25, 0.3) is 0 Å². The van der Waals surface area contributed by atoms with E-state index >= 15 is 0 Å². The zero-order chi connectivity index (χ0) is 15.5. The second-order valence-corrected chi connectivity index (χ2v) is 5.48. The summed E-state index contributed by atoms with van der Waals surface area (Å²) in [7, 11) is 1.84. The highest BCUT2D eigenvalue weighted by atomic mass is 16.4. The van der Waals surface area contributed by atoms with Crippen molar-refractivity contribution in [3.63, 3.8) is 0 Å². The number of aliphatic carboxylic acids is 1. The van der Waals surface area contributed by atoms with Crippen molar-refractivity contribution >= 4 is 5.97 Å². The van der Waals surface area contributed by atoms with Gasteiger partial charge in [0, 0.05) is 19.8 Å². The Morgan fingerprint density at radius 1 is 1.38 bits per heavy atom. The summed E-state index contributed by atoms with van der Waals surface area (Å²) in [5.74, 6) is -0.877. The van der Waals surface area contributed by atoms with Crippen molar-refractivity contribution in [1.29, 1.82) is 0 Å². The average Bonchev–Trinajstić information content (AvgIpc) is 2.87. The number of aryl methyl sites for hydroxylation is 3. The van der Waals surface area contributed by atoms with E-state index in [4.69, 9.17) is 5.73 Å². The average molecular weight is 287 g/mol. The van der Waals surface area contributed by atoms with Gasteiger partial charge in [-0.25, -0.2) is 0 Å². The third-order valence-electron chi connectivity index (χ3n) is 3.96. The van der Waals surface area contributed by atoms with E-state index in [1.165, 1.54) is 0 Å². The summed E-state index contributed by atoms with van der Waals surface area (Å²) in [6.45, 7) is 2.05. The van der Waals surface area contributed by atoms with Crippen LogP contribution in [0.15, 0.2) is 36.7 Å². The minimum absolute atomic E-state index is 0.0751. The molecule has 0 aliphatic carbocycles. The molecule has 0 spiro atoms. The smallest absolute Gasteiger partial charge is 0.315 e. The van der Waals surface area contributed by atoms with E-state index in [1.54, 1.807) is 10.9 Å². The lowest BCUT2D eigenvalue weighted by Gasteiger charge is -2.28. The van der Waals surface area contributed by atoms with Gasteiger partial charge in [-0.1, -0.05) is 29.8 Å². The van der Waals surface area contributed by atoms with Gasteiger partial charge in [-0.15, -0.1) is 0 Å². The largest absolute Gasteiger partial charge is 0.481 e. The Labute approximate surface area is 124 Å². The Bertz CT molecular complexity index is 619. The third kappa shape index (κ3) is 3.13. The Morgan fingerprint density at radius 2 is 2.05 bits per heavy atom. The van der Waals surface area contributed by atoms with Crippen LogP contribution >= 0.6 is 0 Å². The molecule has 0 saturated heterocycles. The van der Waals surface area contributed by atoms with Crippen LogP contribution < -0.4 is 5.73 Å². The van der Waals surface area contributed by atoms with Gasteiger partial charge in [0.15, 0.2) is 0 Å². The van der Waals surface area contributed by atoms with Crippen LogP contribution in [0.2, 0.25) is 0 Å². The molecule has 5 heteroatoms. The molecule has 0 aliphatic rings. The van der Waals surface area contributed by atoms with E-state index in [9.17, 15) is 9.90 Å². The van der Waals surface area contributed by atoms with E-state index in [1.807, 2.05) is 44.4 Å². The van der Waals surface area contributed by atoms with Gasteiger partial charge in [0.2, 0.25) is 0 Å². The van der Waals surface area contributed by atoms with E-state index in [-0.39, 0.29) is 6.54 Å². The number of carboxylic acids is 1. The number of aromatic nitrogens is 2. The monoisotopic (exact) mass is 287 g/mol. The summed E-state index contributed by atoms with van der Waals surface area (Å²) in [6.07, 6.45) is 4.75. The molecule has 0 aliphatic heterocycles. The molecule has 0 radical (unpaired) electrons. The van der Waals surface area contributed by atoms with Gasteiger partial charge in [0.05, 0.1) is 6.20 Å². The van der Waals surface area contributed by atoms with Gasteiger partial charge in [0.1, 0.15) is 5.41 Å². The summed E-state index contributed by atoms with van der Waals surface area (Å²) in [5.41, 5.74) is 7.67. The predicted octanol–water partition coefficient (Wildman–Crippen LogP) is 1.64. The number of nitrogens with two attached hydrogens (primary N) is 1. The molecule has 1 heterocycles. The molecule has 3 N–H and O–H groups in total. The highest BCUT2D eigenvalue weighted by Crippen LogP contribution is 2.29. The van der Waals surface area contributed by atoms with E-state index < -0.39 is 11.4 Å². The lowest BCUT2D eigenvalue weighted by atomic mass is 9.76. The molecule has 2 aromatic rings. The zero-order valence-corrected chi connectivity index (χ0v) is 12.4. The zero-order valence-electron chi connectivity index (χ0n) is 12.4. The quantitative estimate of drug-likeness (QED) is 0.846. The Kier molecular flexibility index (Phi) is 4.43. The maximum Gasteiger partial charge on any atom is 0.315 e. The van der Waals surface area contributed by atoms with E-state index in [2.05, 4.69) is 5.10 Å². The van der Waals surface area contributed by atoms with Crippen LogP contribution in [0.5, 0.6) is 0 Å². The molecule has 1 unspecified atom stereocenters. The summed E-state index contributed by atoms with van der Waals surface area (Å²) < 4.78 is 1.71. The Hall–Kier alpha value is -2.14. The van der Waals surface area contributed by atoms with Crippen LogP contribution in [-0.4, -0.2) is 27.4 Å².